The smallest absolute Gasteiger partial charge is 0.270 e. The summed E-state index contributed by atoms with van der Waals surface area (Å²) in [5.41, 5.74) is 2.61. The molecule has 0 radical (unpaired) electrons. The first kappa shape index (κ1) is 12.5. The third-order valence-corrected chi connectivity index (χ3v) is 3.29. The predicted octanol–water partition coefficient (Wildman–Crippen LogP) is -1.06. The Morgan fingerprint density at radius 1 is 1.33 bits per heavy atom. The molecule has 1 fully saturated rings. The van der Waals surface area contributed by atoms with Crippen molar-refractivity contribution in [3.05, 3.63) is 0 Å². The van der Waals surface area contributed by atoms with Gasteiger partial charge in [-0.25, -0.2) is 5.43 Å². The second-order valence-electron chi connectivity index (χ2n) is 4.53. The molecule has 18 heavy (non-hydrogen) atoms. The second kappa shape index (κ2) is 4.75. The monoisotopic (exact) mass is 252 g/mol. The number of hydrazone groups is 1. The molecule has 0 saturated carbocycles. The summed E-state index contributed by atoms with van der Waals surface area (Å²) < 4.78 is 0. The molecule has 1 atom stereocenters. The fourth-order valence-electron chi connectivity index (χ4n) is 2.09. The zero-order valence-electron chi connectivity index (χ0n) is 10.5. The second-order valence-corrected chi connectivity index (χ2v) is 4.53. The summed E-state index contributed by atoms with van der Waals surface area (Å²) in [7, 11) is 1.72. The Bertz CT molecular complexity index is 432. The molecular formula is C11H16N4O3. The van der Waals surface area contributed by atoms with Gasteiger partial charge in [-0.1, -0.05) is 0 Å². The first-order chi connectivity index (χ1) is 8.50. The number of hydrogen-bond donors (Lipinski definition) is 1. The average molecular weight is 252 g/mol. The first-order valence-electron chi connectivity index (χ1n) is 5.92. The fraction of sp³-hybridized carbons (Fsp3) is 0.636. The van der Waals surface area contributed by atoms with E-state index in [-0.39, 0.29) is 24.1 Å². The Morgan fingerprint density at radius 2 is 2.06 bits per heavy atom. The molecule has 0 aromatic rings. The Morgan fingerprint density at radius 3 is 2.67 bits per heavy atom. The summed E-state index contributed by atoms with van der Waals surface area (Å²) in [4.78, 5) is 38.1. The number of hydrogen-bond acceptors (Lipinski definition) is 4. The third kappa shape index (κ3) is 2.20. The fourth-order valence-corrected chi connectivity index (χ4v) is 2.09. The maximum atomic E-state index is 12.2. The Kier molecular flexibility index (Phi) is 3.31. The van der Waals surface area contributed by atoms with Gasteiger partial charge in [0.2, 0.25) is 11.8 Å². The number of likely N-dealkylation sites (N-methyl/N-ethyl adjacent to an activating group) is 1. The maximum absolute atomic E-state index is 12.2. The molecule has 3 amide bonds. The van der Waals surface area contributed by atoms with Gasteiger partial charge in [0, 0.05) is 33.0 Å². The Labute approximate surface area is 105 Å². The summed E-state index contributed by atoms with van der Waals surface area (Å²) >= 11 is 0. The molecule has 0 aromatic heterocycles. The van der Waals surface area contributed by atoms with Crippen LogP contribution in [0, 0.1) is 0 Å². The molecule has 2 heterocycles. The van der Waals surface area contributed by atoms with Crippen molar-refractivity contribution in [2.24, 2.45) is 5.10 Å². The van der Waals surface area contributed by atoms with E-state index in [1.165, 1.54) is 4.90 Å². The molecule has 1 unspecified atom stereocenters. The number of carbonyl (C=O) groups is 3. The molecule has 0 spiro atoms. The average Bonchev–Trinajstić information content (AvgIpc) is 2.36. The van der Waals surface area contributed by atoms with E-state index in [0.717, 1.165) is 0 Å². The van der Waals surface area contributed by atoms with Crippen molar-refractivity contribution in [2.45, 2.75) is 25.8 Å². The molecule has 98 valence electrons. The highest BCUT2D eigenvalue weighted by atomic mass is 16.2. The lowest BCUT2D eigenvalue weighted by atomic mass is 10.1. The Balaban J connectivity index is 2.10. The molecule has 0 aromatic carbocycles. The van der Waals surface area contributed by atoms with Crippen LogP contribution in [0.1, 0.15) is 19.8 Å². The van der Waals surface area contributed by atoms with Crippen molar-refractivity contribution in [3.8, 4) is 0 Å². The van der Waals surface area contributed by atoms with E-state index in [0.29, 0.717) is 25.2 Å². The molecule has 2 aliphatic heterocycles. The SMILES string of the molecule is CC1C(=O)N(C)CCN1C(=O)C1=NNC(=O)CC1. The number of nitrogens with zero attached hydrogens (tertiary/aromatic N) is 3. The van der Waals surface area contributed by atoms with Crippen LogP contribution in [0.2, 0.25) is 0 Å². The molecule has 2 rings (SSSR count). The van der Waals surface area contributed by atoms with Crippen LogP contribution in [-0.4, -0.2) is 59.4 Å². The lowest BCUT2D eigenvalue weighted by molar-refractivity contribution is -0.146. The van der Waals surface area contributed by atoms with Crippen LogP contribution in [0.25, 0.3) is 0 Å². The van der Waals surface area contributed by atoms with E-state index in [1.807, 2.05) is 0 Å². The highest BCUT2D eigenvalue weighted by Gasteiger charge is 2.34. The number of piperazine rings is 1. The summed E-state index contributed by atoms with van der Waals surface area (Å²) in [5, 5.41) is 3.77. The van der Waals surface area contributed by atoms with Crippen molar-refractivity contribution in [1.29, 1.82) is 0 Å². The Hall–Kier alpha value is -1.92. The van der Waals surface area contributed by atoms with Crippen LogP contribution in [0.4, 0.5) is 0 Å². The van der Waals surface area contributed by atoms with Crippen LogP contribution in [0.5, 0.6) is 0 Å². The summed E-state index contributed by atoms with van der Waals surface area (Å²) in [5.74, 6) is -0.520. The first-order valence-corrected chi connectivity index (χ1v) is 5.92. The molecular weight excluding hydrogens is 236 g/mol. The van der Waals surface area contributed by atoms with E-state index < -0.39 is 6.04 Å². The molecule has 0 aliphatic carbocycles. The highest BCUT2D eigenvalue weighted by Crippen LogP contribution is 2.12. The quantitative estimate of drug-likeness (QED) is 0.646. The van der Waals surface area contributed by atoms with Crippen LogP contribution < -0.4 is 5.43 Å². The normalized spacial score (nSPS) is 24.8. The molecule has 0 bridgehead atoms. The lowest BCUT2D eigenvalue weighted by Gasteiger charge is -2.37. The van der Waals surface area contributed by atoms with Gasteiger partial charge < -0.3 is 9.80 Å². The number of nitrogens with one attached hydrogen (secondary N) is 1. The van der Waals surface area contributed by atoms with Gasteiger partial charge in [-0.05, 0) is 6.92 Å². The van der Waals surface area contributed by atoms with Crippen molar-refractivity contribution < 1.29 is 14.4 Å². The van der Waals surface area contributed by atoms with Gasteiger partial charge in [0.05, 0.1) is 0 Å². The van der Waals surface area contributed by atoms with Crippen molar-refractivity contribution in [3.63, 3.8) is 0 Å². The number of carbonyl (C=O) groups excluding carboxylic acids is 3. The van der Waals surface area contributed by atoms with Crippen LogP contribution in [-0.2, 0) is 14.4 Å². The zero-order valence-corrected chi connectivity index (χ0v) is 10.5. The molecule has 7 nitrogen and oxygen atoms in total. The largest absolute Gasteiger partial charge is 0.342 e. The van der Waals surface area contributed by atoms with Crippen molar-refractivity contribution >= 4 is 23.4 Å². The van der Waals surface area contributed by atoms with Gasteiger partial charge in [-0.3, -0.25) is 14.4 Å². The standard InChI is InChI=1S/C11H16N4O3/c1-7-10(17)14(2)5-6-15(7)11(18)8-3-4-9(16)13-12-8/h7H,3-6H2,1-2H3,(H,13,16). The van der Waals surface area contributed by atoms with Crippen molar-refractivity contribution in [2.75, 3.05) is 20.1 Å². The minimum Gasteiger partial charge on any atom is -0.342 e. The van der Waals surface area contributed by atoms with Gasteiger partial charge in [0.25, 0.3) is 5.91 Å². The molecule has 1 saturated heterocycles. The predicted molar refractivity (Wildman–Crippen MR) is 63.6 cm³/mol. The van der Waals surface area contributed by atoms with E-state index >= 15 is 0 Å². The van der Waals surface area contributed by atoms with Gasteiger partial charge in [-0.2, -0.15) is 5.10 Å². The van der Waals surface area contributed by atoms with Gasteiger partial charge in [0.15, 0.2) is 0 Å². The lowest BCUT2D eigenvalue weighted by Crippen LogP contribution is -2.58. The van der Waals surface area contributed by atoms with Crippen LogP contribution in [0.15, 0.2) is 5.10 Å². The van der Waals surface area contributed by atoms with Crippen LogP contribution in [0.3, 0.4) is 0 Å². The minimum atomic E-state index is -0.475. The number of rotatable bonds is 1. The third-order valence-electron chi connectivity index (χ3n) is 3.29. The van der Waals surface area contributed by atoms with E-state index in [1.54, 1.807) is 18.9 Å². The summed E-state index contributed by atoms with van der Waals surface area (Å²) in [6.45, 7) is 2.72. The van der Waals surface area contributed by atoms with E-state index in [4.69, 9.17) is 0 Å². The number of amides is 3. The maximum Gasteiger partial charge on any atom is 0.270 e. The van der Waals surface area contributed by atoms with Gasteiger partial charge >= 0.3 is 0 Å². The van der Waals surface area contributed by atoms with E-state index in [2.05, 4.69) is 10.5 Å². The van der Waals surface area contributed by atoms with Gasteiger partial charge in [-0.15, -0.1) is 0 Å². The molecule has 7 heteroatoms. The summed E-state index contributed by atoms with van der Waals surface area (Å²) in [6.07, 6.45) is 0.596. The van der Waals surface area contributed by atoms with Gasteiger partial charge in [0.1, 0.15) is 11.8 Å². The summed E-state index contributed by atoms with van der Waals surface area (Å²) in [6, 6.07) is -0.475. The molecule has 1 N–H and O–H groups in total. The van der Waals surface area contributed by atoms with E-state index in [9.17, 15) is 14.4 Å². The highest BCUT2D eigenvalue weighted by molar-refractivity contribution is 6.39. The topological polar surface area (TPSA) is 82.1 Å². The van der Waals surface area contributed by atoms with Crippen LogP contribution >= 0.6 is 0 Å². The zero-order chi connectivity index (χ0) is 13.3. The molecule has 2 aliphatic rings. The minimum absolute atomic E-state index is 0.0740. The van der Waals surface area contributed by atoms with Crippen molar-refractivity contribution in [1.82, 2.24) is 15.2 Å².